The zero-order valence-corrected chi connectivity index (χ0v) is 14.0. The highest BCUT2D eigenvalue weighted by Crippen LogP contribution is 2.36. The normalized spacial score (nSPS) is 23.6. The number of rotatable bonds is 2. The van der Waals surface area contributed by atoms with Crippen LogP contribution < -0.4 is 21.3 Å². The lowest BCUT2D eigenvalue weighted by atomic mass is 9.84. The summed E-state index contributed by atoms with van der Waals surface area (Å²) in [5.41, 5.74) is 0.895. The number of nitrogens with one attached hydrogen (secondary N) is 4. The second kappa shape index (κ2) is 6.01. The van der Waals surface area contributed by atoms with E-state index in [4.69, 9.17) is 0 Å². The summed E-state index contributed by atoms with van der Waals surface area (Å²) in [5.74, 6) is -0.786. The third kappa shape index (κ3) is 2.75. The average molecular weight is 357 g/mol. The molecular weight excluding hydrogens is 338 g/mol. The topological polar surface area (TPSA) is 120 Å². The Bertz CT molecular complexity index is 800. The van der Waals surface area contributed by atoms with E-state index in [1.54, 1.807) is 4.90 Å². The number of piperidine rings is 1. The van der Waals surface area contributed by atoms with Gasteiger partial charge in [0.1, 0.15) is 11.6 Å². The van der Waals surface area contributed by atoms with Crippen molar-refractivity contribution >= 4 is 35.1 Å². The number of hydrogen-bond acceptors (Lipinski definition) is 5. The Hall–Kier alpha value is -3.10. The highest BCUT2D eigenvalue weighted by Gasteiger charge is 2.45. The molecule has 0 radical (unpaired) electrons. The molecule has 0 unspecified atom stereocenters. The SMILES string of the molecule is O=C1NC(=O)[C@@H](CC(=O)N2CCC3(CC2)Nc2ccccc2NC3=O)N1. The molecule has 4 rings (SSSR count). The first-order valence-electron chi connectivity index (χ1n) is 8.55. The highest BCUT2D eigenvalue weighted by molar-refractivity contribution is 6.07. The number of carbonyl (C=O) groups excluding carboxylic acids is 4. The molecule has 1 aromatic rings. The van der Waals surface area contributed by atoms with E-state index < -0.39 is 23.5 Å². The number of anilines is 2. The number of para-hydroxylation sites is 2. The Labute approximate surface area is 149 Å². The summed E-state index contributed by atoms with van der Waals surface area (Å²) in [4.78, 5) is 49.4. The van der Waals surface area contributed by atoms with Gasteiger partial charge in [-0.25, -0.2) is 4.79 Å². The quantitative estimate of drug-likeness (QED) is 0.556. The number of carbonyl (C=O) groups is 4. The number of urea groups is 1. The van der Waals surface area contributed by atoms with E-state index in [1.807, 2.05) is 24.3 Å². The van der Waals surface area contributed by atoms with Gasteiger partial charge in [-0.15, -0.1) is 0 Å². The number of amides is 5. The molecule has 2 fully saturated rings. The van der Waals surface area contributed by atoms with Crippen LogP contribution in [0, 0.1) is 0 Å². The molecule has 9 heteroatoms. The van der Waals surface area contributed by atoms with Crippen molar-refractivity contribution in [3.05, 3.63) is 24.3 Å². The van der Waals surface area contributed by atoms with Crippen LogP contribution >= 0.6 is 0 Å². The van der Waals surface area contributed by atoms with Gasteiger partial charge in [0.25, 0.3) is 5.91 Å². The molecule has 4 N–H and O–H groups in total. The number of benzene rings is 1. The Morgan fingerprint density at radius 2 is 1.77 bits per heavy atom. The minimum atomic E-state index is -0.825. The van der Waals surface area contributed by atoms with Crippen LogP contribution in [0.4, 0.5) is 16.2 Å². The Morgan fingerprint density at radius 1 is 1.08 bits per heavy atom. The minimum absolute atomic E-state index is 0.0764. The molecule has 0 bridgehead atoms. The summed E-state index contributed by atoms with van der Waals surface area (Å²) in [6, 6.07) is 6.11. The molecule has 1 spiro atoms. The van der Waals surface area contributed by atoms with Gasteiger partial charge in [0, 0.05) is 13.1 Å². The second-order valence-corrected chi connectivity index (χ2v) is 6.81. The van der Waals surface area contributed by atoms with Gasteiger partial charge in [0.2, 0.25) is 11.8 Å². The average Bonchev–Trinajstić information content (AvgIpc) is 2.93. The Balaban J connectivity index is 1.39. The van der Waals surface area contributed by atoms with Crippen molar-refractivity contribution in [1.29, 1.82) is 0 Å². The molecule has 26 heavy (non-hydrogen) atoms. The van der Waals surface area contributed by atoms with Gasteiger partial charge in [-0.2, -0.15) is 0 Å². The van der Waals surface area contributed by atoms with E-state index >= 15 is 0 Å². The molecule has 5 amide bonds. The zero-order valence-electron chi connectivity index (χ0n) is 14.0. The first-order valence-corrected chi connectivity index (χ1v) is 8.55. The van der Waals surface area contributed by atoms with Crippen molar-refractivity contribution in [2.75, 3.05) is 23.7 Å². The van der Waals surface area contributed by atoms with Gasteiger partial charge in [-0.05, 0) is 25.0 Å². The van der Waals surface area contributed by atoms with Gasteiger partial charge >= 0.3 is 6.03 Å². The third-order valence-corrected chi connectivity index (χ3v) is 5.19. The summed E-state index contributed by atoms with van der Waals surface area (Å²) in [6.45, 7) is 0.813. The lowest BCUT2D eigenvalue weighted by Crippen LogP contribution is -2.59. The maximum atomic E-state index is 12.6. The summed E-state index contributed by atoms with van der Waals surface area (Å²) in [5, 5.41) is 10.8. The Morgan fingerprint density at radius 3 is 2.42 bits per heavy atom. The Kier molecular flexibility index (Phi) is 3.78. The van der Waals surface area contributed by atoms with Crippen LogP contribution in [0.2, 0.25) is 0 Å². The van der Waals surface area contributed by atoms with Crippen molar-refractivity contribution in [2.24, 2.45) is 0 Å². The van der Waals surface area contributed by atoms with E-state index in [-0.39, 0.29) is 18.2 Å². The second-order valence-electron chi connectivity index (χ2n) is 6.81. The van der Waals surface area contributed by atoms with Crippen molar-refractivity contribution in [3.63, 3.8) is 0 Å². The number of hydrogen-bond donors (Lipinski definition) is 4. The summed E-state index contributed by atoms with van der Waals surface area (Å²) in [6.07, 6.45) is 0.872. The molecule has 1 aromatic carbocycles. The standard InChI is InChI=1S/C17H19N5O4/c23-13(9-12-14(24)20-16(26)19-12)22-7-5-17(6-8-22)15(25)18-10-3-1-2-4-11(10)21-17/h1-4,12,21H,5-9H2,(H,18,25)(H2,19,20,24,26)/t12-/m1/s1. The number of imide groups is 1. The lowest BCUT2D eigenvalue weighted by molar-refractivity contribution is -0.136. The fourth-order valence-electron chi connectivity index (χ4n) is 3.65. The first kappa shape index (κ1) is 16.4. The van der Waals surface area contributed by atoms with E-state index in [0.717, 1.165) is 11.4 Å². The molecule has 3 heterocycles. The summed E-state index contributed by atoms with van der Waals surface area (Å²) < 4.78 is 0. The van der Waals surface area contributed by atoms with E-state index in [0.29, 0.717) is 25.9 Å². The number of likely N-dealkylation sites (tertiary alicyclic amines) is 1. The molecule has 3 aliphatic rings. The smallest absolute Gasteiger partial charge is 0.322 e. The maximum Gasteiger partial charge on any atom is 0.322 e. The molecule has 1 atom stereocenters. The fraction of sp³-hybridized carbons (Fsp3) is 0.412. The van der Waals surface area contributed by atoms with E-state index in [9.17, 15) is 19.2 Å². The van der Waals surface area contributed by atoms with Crippen molar-refractivity contribution < 1.29 is 19.2 Å². The number of fused-ring (bicyclic) bond motifs is 1. The first-order chi connectivity index (χ1) is 12.5. The van der Waals surface area contributed by atoms with Crippen LogP contribution in [0.5, 0.6) is 0 Å². The van der Waals surface area contributed by atoms with Crippen molar-refractivity contribution in [1.82, 2.24) is 15.5 Å². The van der Waals surface area contributed by atoms with Crippen LogP contribution in [-0.4, -0.2) is 53.3 Å². The maximum absolute atomic E-state index is 12.6. The van der Waals surface area contributed by atoms with Gasteiger partial charge in [0.15, 0.2) is 0 Å². The van der Waals surface area contributed by atoms with Gasteiger partial charge in [-0.3, -0.25) is 19.7 Å². The highest BCUT2D eigenvalue weighted by atomic mass is 16.2. The van der Waals surface area contributed by atoms with Crippen LogP contribution in [0.1, 0.15) is 19.3 Å². The fourth-order valence-corrected chi connectivity index (χ4v) is 3.65. The van der Waals surface area contributed by atoms with E-state index in [2.05, 4.69) is 21.3 Å². The van der Waals surface area contributed by atoms with Gasteiger partial charge in [0.05, 0.1) is 17.8 Å². The predicted molar refractivity (Wildman–Crippen MR) is 92.3 cm³/mol. The van der Waals surface area contributed by atoms with Crippen molar-refractivity contribution in [2.45, 2.75) is 30.8 Å². The number of nitrogens with zero attached hydrogens (tertiary/aromatic N) is 1. The van der Waals surface area contributed by atoms with E-state index in [1.165, 1.54) is 0 Å². The molecule has 0 aliphatic carbocycles. The predicted octanol–water partition coefficient (Wildman–Crippen LogP) is 0.00990. The molecular formula is C17H19N5O4. The molecule has 136 valence electrons. The molecule has 0 saturated carbocycles. The van der Waals surface area contributed by atoms with Gasteiger partial charge < -0.3 is 20.9 Å². The van der Waals surface area contributed by atoms with Gasteiger partial charge in [-0.1, -0.05) is 12.1 Å². The zero-order chi connectivity index (χ0) is 18.3. The molecule has 9 nitrogen and oxygen atoms in total. The lowest BCUT2D eigenvalue weighted by Gasteiger charge is -2.44. The summed E-state index contributed by atoms with van der Waals surface area (Å²) in [7, 11) is 0. The van der Waals surface area contributed by atoms with Crippen LogP contribution in [0.3, 0.4) is 0 Å². The molecule has 0 aromatic heterocycles. The minimum Gasteiger partial charge on any atom is -0.369 e. The van der Waals surface area contributed by atoms with Crippen molar-refractivity contribution in [3.8, 4) is 0 Å². The van der Waals surface area contributed by atoms with Crippen LogP contribution in [0.15, 0.2) is 24.3 Å². The largest absolute Gasteiger partial charge is 0.369 e. The summed E-state index contributed by atoms with van der Waals surface area (Å²) >= 11 is 0. The monoisotopic (exact) mass is 357 g/mol. The molecule has 2 saturated heterocycles. The van der Waals surface area contributed by atoms with Crippen LogP contribution in [-0.2, 0) is 14.4 Å². The van der Waals surface area contributed by atoms with Crippen LogP contribution in [0.25, 0.3) is 0 Å². The molecule has 3 aliphatic heterocycles. The third-order valence-electron chi connectivity index (χ3n) is 5.19.